The van der Waals surface area contributed by atoms with Gasteiger partial charge >= 0.3 is 5.97 Å². The van der Waals surface area contributed by atoms with Crippen LogP contribution in [0.2, 0.25) is 0 Å². The van der Waals surface area contributed by atoms with Gasteiger partial charge in [0.1, 0.15) is 10.8 Å². The Labute approximate surface area is 184 Å². The molecule has 158 valence electrons. The topological polar surface area (TPSA) is 39.2 Å². The van der Waals surface area contributed by atoms with E-state index in [1.165, 1.54) is 31.2 Å². The summed E-state index contributed by atoms with van der Waals surface area (Å²) in [7, 11) is 0. The third kappa shape index (κ3) is 6.53. The molecule has 4 heteroatoms. The van der Waals surface area contributed by atoms with Crippen LogP contribution >= 0.6 is 11.3 Å². The van der Waals surface area contributed by atoms with Crippen molar-refractivity contribution in [2.45, 2.75) is 65.2 Å². The third-order valence-electron chi connectivity index (χ3n) is 5.13. The van der Waals surface area contributed by atoms with Crippen LogP contribution in [0.15, 0.2) is 54.7 Å². The molecule has 0 aliphatic carbocycles. The van der Waals surface area contributed by atoms with E-state index in [-0.39, 0.29) is 5.97 Å². The molecule has 3 rings (SSSR count). The number of hydrogen-bond acceptors (Lipinski definition) is 4. The van der Waals surface area contributed by atoms with Gasteiger partial charge in [-0.25, -0.2) is 4.98 Å². The molecule has 3 aromatic rings. The lowest BCUT2D eigenvalue weighted by Crippen LogP contribution is -2.07. The van der Waals surface area contributed by atoms with Crippen molar-refractivity contribution in [2.24, 2.45) is 0 Å². The first-order valence-corrected chi connectivity index (χ1v) is 11.9. The third-order valence-corrected chi connectivity index (χ3v) is 6.23. The number of rotatable bonds is 11. The molecule has 0 fully saturated rings. The Hall–Kier alpha value is -2.46. The number of carbonyl (C=O) groups is 1. The highest BCUT2D eigenvalue weighted by Crippen LogP contribution is 2.33. The minimum atomic E-state index is -0.152. The van der Waals surface area contributed by atoms with Crippen molar-refractivity contribution in [3.63, 3.8) is 0 Å². The minimum Gasteiger partial charge on any atom is -0.427 e. The first kappa shape index (κ1) is 22.2. The van der Waals surface area contributed by atoms with Gasteiger partial charge in [-0.15, -0.1) is 11.3 Å². The lowest BCUT2D eigenvalue weighted by Gasteiger charge is -2.05. The van der Waals surface area contributed by atoms with Gasteiger partial charge in [0.15, 0.2) is 0 Å². The summed E-state index contributed by atoms with van der Waals surface area (Å²) < 4.78 is 5.45. The van der Waals surface area contributed by atoms with Crippen molar-refractivity contribution < 1.29 is 9.53 Å². The highest BCUT2D eigenvalue weighted by Gasteiger charge is 2.09. The van der Waals surface area contributed by atoms with Crippen molar-refractivity contribution in [1.29, 1.82) is 0 Å². The van der Waals surface area contributed by atoms with Crippen LogP contribution in [0.4, 0.5) is 0 Å². The number of nitrogens with zero attached hydrogens (tertiary/aromatic N) is 1. The lowest BCUT2D eigenvalue weighted by atomic mass is 10.1. The van der Waals surface area contributed by atoms with Crippen LogP contribution in [-0.2, 0) is 11.2 Å². The van der Waals surface area contributed by atoms with Crippen LogP contribution in [0.1, 0.15) is 64.4 Å². The first-order chi connectivity index (χ1) is 14.7. The number of carbonyl (C=O) groups excluding carboxylic acids is 1. The van der Waals surface area contributed by atoms with E-state index in [1.54, 1.807) is 11.3 Å². The highest BCUT2D eigenvalue weighted by atomic mass is 32.1. The van der Waals surface area contributed by atoms with Gasteiger partial charge in [0.25, 0.3) is 0 Å². The second-order valence-corrected chi connectivity index (χ2v) is 8.67. The standard InChI is InChI=1S/C26H31NO2S/c1-3-5-7-8-10-25(28)29-23-17-15-21(16-18-23)24-19-27-26(30-24)22-13-11-20(12-14-22)9-6-4-2/h11-19H,3-10H2,1-2H3. The first-order valence-electron chi connectivity index (χ1n) is 11.1. The fourth-order valence-corrected chi connectivity index (χ4v) is 4.23. The zero-order valence-electron chi connectivity index (χ0n) is 18.0. The normalized spacial score (nSPS) is 10.9. The largest absolute Gasteiger partial charge is 0.427 e. The Morgan fingerprint density at radius 1 is 0.867 bits per heavy atom. The highest BCUT2D eigenvalue weighted by molar-refractivity contribution is 7.18. The predicted octanol–water partition coefficient (Wildman–Crippen LogP) is 7.70. The lowest BCUT2D eigenvalue weighted by molar-refractivity contribution is -0.134. The minimum absolute atomic E-state index is 0.152. The van der Waals surface area contributed by atoms with Crippen molar-refractivity contribution in [3.8, 4) is 26.8 Å². The van der Waals surface area contributed by atoms with E-state index >= 15 is 0 Å². The number of unbranched alkanes of at least 4 members (excludes halogenated alkanes) is 4. The molecule has 0 atom stereocenters. The second kappa shape index (κ2) is 11.7. The van der Waals surface area contributed by atoms with Crippen LogP contribution < -0.4 is 4.74 Å². The van der Waals surface area contributed by atoms with E-state index in [1.807, 2.05) is 30.5 Å². The van der Waals surface area contributed by atoms with E-state index in [0.29, 0.717) is 12.2 Å². The maximum Gasteiger partial charge on any atom is 0.311 e. The van der Waals surface area contributed by atoms with E-state index in [4.69, 9.17) is 4.74 Å². The molecule has 1 aromatic heterocycles. The van der Waals surface area contributed by atoms with Crippen LogP contribution in [0, 0.1) is 0 Å². The van der Waals surface area contributed by atoms with Crippen LogP contribution in [0.5, 0.6) is 5.75 Å². The smallest absolute Gasteiger partial charge is 0.311 e. The Bertz CT molecular complexity index is 913. The zero-order valence-corrected chi connectivity index (χ0v) is 18.8. The monoisotopic (exact) mass is 421 g/mol. The molecule has 0 radical (unpaired) electrons. The summed E-state index contributed by atoms with van der Waals surface area (Å²) >= 11 is 1.68. The van der Waals surface area contributed by atoms with E-state index in [2.05, 4.69) is 43.1 Å². The quantitative estimate of drug-likeness (QED) is 0.181. The Kier molecular flexibility index (Phi) is 8.64. The van der Waals surface area contributed by atoms with Crippen molar-refractivity contribution in [3.05, 3.63) is 60.3 Å². The van der Waals surface area contributed by atoms with Gasteiger partial charge in [0, 0.05) is 18.2 Å². The number of hydrogen-bond donors (Lipinski definition) is 0. The molecule has 0 amide bonds. The van der Waals surface area contributed by atoms with Gasteiger partial charge in [0.05, 0.1) is 4.88 Å². The maximum atomic E-state index is 11.9. The molecule has 1 heterocycles. The summed E-state index contributed by atoms with van der Waals surface area (Å²) in [6.07, 6.45) is 10.3. The molecule has 0 bridgehead atoms. The summed E-state index contributed by atoms with van der Waals surface area (Å²) in [5, 5.41) is 1.02. The number of aryl methyl sites for hydroxylation is 1. The molecule has 0 spiro atoms. The summed E-state index contributed by atoms with van der Waals surface area (Å²) in [5.74, 6) is 0.452. The summed E-state index contributed by atoms with van der Waals surface area (Å²) in [6, 6.07) is 16.4. The summed E-state index contributed by atoms with van der Waals surface area (Å²) in [4.78, 5) is 17.7. The number of esters is 1. The molecular weight excluding hydrogens is 390 g/mol. The Balaban J connectivity index is 1.58. The number of ether oxygens (including phenoxy) is 1. The van der Waals surface area contributed by atoms with Gasteiger partial charge in [-0.3, -0.25) is 4.79 Å². The molecule has 0 aliphatic rings. The molecule has 30 heavy (non-hydrogen) atoms. The van der Waals surface area contributed by atoms with Gasteiger partial charge in [-0.05, 0) is 54.7 Å². The fraction of sp³-hybridized carbons (Fsp3) is 0.385. The zero-order chi connectivity index (χ0) is 21.2. The fourth-order valence-electron chi connectivity index (χ4n) is 3.30. The molecule has 0 unspecified atom stereocenters. The van der Waals surface area contributed by atoms with Crippen molar-refractivity contribution in [1.82, 2.24) is 4.98 Å². The van der Waals surface area contributed by atoms with Gasteiger partial charge in [0.2, 0.25) is 0 Å². The number of thiazole rings is 1. The van der Waals surface area contributed by atoms with Crippen molar-refractivity contribution in [2.75, 3.05) is 0 Å². The maximum absolute atomic E-state index is 11.9. The van der Waals surface area contributed by atoms with Crippen molar-refractivity contribution >= 4 is 17.3 Å². The van der Waals surface area contributed by atoms with Crippen LogP contribution in [0.25, 0.3) is 21.0 Å². The second-order valence-electron chi connectivity index (χ2n) is 7.64. The summed E-state index contributed by atoms with van der Waals surface area (Å²) in [5.41, 5.74) is 3.62. The Morgan fingerprint density at radius 2 is 1.57 bits per heavy atom. The average Bonchev–Trinajstić information content (AvgIpc) is 3.26. The van der Waals surface area contributed by atoms with Gasteiger partial charge in [-0.1, -0.05) is 63.8 Å². The molecule has 2 aromatic carbocycles. The molecule has 0 aliphatic heterocycles. The number of benzene rings is 2. The van der Waals surface area contributed by atoms with Gasteiger partial charge < -0.3 is 4.74 Å². The van der Waals surface area contributed by atoms with E-state index < -0.39 is 0 Å². The average molecular weight is 422 g/mol. The SMILES string of the molecule is CCCCCCC(=O)Oc1ccc(-c2cnc(-c3ccc(CCCC)cc3)s2)cc1. The van der Waals surface area contributed by atoms with Crippen LogP contribution in [0.3, 0.4) is 0 Å². The predicted molar refractivity (Wildman–Crippen MR) is 126 cm³/mol. The number of aromatic nitrogens is 1. The summed E-state index contributed by atoms with van der Waals surface area (Å²) in [6.45, 7) is 4.38. The van der Waals surface area contributed by atoms with Gasteiger partial charge in [-0.2, -0.15) is 0 Å². The molecule has 0 saturated heterocycles. The molecular formula is C26H31NO2S. The molecule has 0 N–H and O–H groups in total. The van der Waals surface area contributed by atoms with E-state index in [0.717, 1.165) is 40.3 Å². The molecule has 0 saturated carbocycles. The Morgan fingerprint density at radius 3 is 2.27 bits per heavy atom. The van der Waals surface area contributed by atoms with Crippen LogP contribution in [-0.4, -0.2) is 11.0 Å². The molecule has 3 nitrogen and oxygen atoms in total. The van der Waals surface area contributed by atoms with E-state index in [9.17, 15) is 4.79 Å².